The van der Waals surface area contributed by atoms with Crippen molar-refractivity contribution < 1.29 is 33.6 Å². The number of nitrogens with one attached hydrogen (secondary N) is 2. The lowest BCUT2D eigenvalue weighted by Gasteiger charge is -2.28. The van der Waals surface area contributed by atoms with Crippen LogP contribution in [-0.2, 0) is 17.7 Å². The van der Waals surface area contributed by atoms with Gasteiger partial charge in [0.25, 0.3) is 11.6 Å². The molecule has 2 aliphatic heterocycles. The Kier molecular flexibility index (Phi) is 7.13. The molecule has 2 aliphatic rings. The Morgan fingerprint density at radius 3 is 2.58 bits per heavy atom. The minimum Gasteiger partial charge on any atom is -0.493 e. The number of hydrogen-bond donors (Lipinski definition) is 2. The lowest BCUT2D eigenvalue weighted by molar-refractivity contribution is -0.394. The van der Waals surface area contributed by atoms with E-state index in [0.717, 1.165) is 28.6 Å². The molecule has 0 unspecified atom stereocenters. The maximum Gasteiger partial charge on any atom is 0.410 e. The van der Waals surface area contributed by atoms with E-state index in [2.05, 4.69) is 10.6 Å². The van der Waals surface area contributed by atoms with E-state index in [0.29, 0.717) is 35.6 Å². The van der Waals surface area contributed by atoms with Crippen molar-refractivity contribution in [1.29, 1.82) is 0 Å². The van der Waals surface area contributed by atoms with Crippen molar-refractivity contribution in [3.63, 3.8) is 0 Å². The summed E-state index contributed by atoms with van der Waals surface area (Å²) in [5, 5.41) is 29.5. The summed E-state index contributed by atoms with van der Waals surface area (Å²) in [5.74, 6) is -0.0859. The van der Waals surface area contributed by atoms with Crippen molar-refractivity contribution in [2.75, 3.05) is 25.6 Å². The Labute approximate surface area is 230 Å². The first-order chi connectivity index (χ1) is 19.2. The number of carbonyl (C=O) groups is 2. The summed E-state index contributed by atoms with van der Waals surface area (Å²) in [4.78, 5) is 48.9. The van der Waals surface area contributed by atoms with Crippen LogP contribution < -0.4 is 20.1 Å². The van der Waals surface area contributed by atoms with Crippen LogP contribution in [0.1, 0.15) is 39.5 Å². The van der Waals surface area contributed by atoms with Gasteiger partial charge in [0, 0.05) is 17.5 Å². The van der Waals surface area contributed by atoms with Gasteiger partial charge in [0.05, 0.1) is 41.7 Å². The molecule has 0 bridgehead atoms. The molecule has 208 valence electrons. The van der Waals surface area contributed by atoms with Gasteiger partial charge in [0.2, 0.25) is 5.75 Å². The third kappa shape index (κ3) is 4.93. The van der Waals surface area contributed by atoms with Gasteiger partial charge >= 0.3 is 11.8 Å². The molecule has 0 saturated heterocycles. The van der Waals surface area contributed by atoms with Gasteiger partial charge in [-0.15, -0.1) is 11.3 Å². The molecule has 40 heavy (non-hydrogen) atoms. The molecule has 15 heteroatoms. The highest BCUT2D eigenvalue weighted by Gasteiger charge is 2.35. The summed E-state index contributed by atoms with van der Waals surface area (Å²) in [6.07, 6.45) is -0.463. The lowest BCUT2D eigenvalue weighted by Crippen LogP contribution is -2.39. The first kappa shape index (κ1) is 26.7. The number of thiophene rings is 1. The summed E-state index contributed by atoms with van der Waals surface area (Å²) >= 11 is 1.41. The van der Waals surface area contributed by atoms with Crippen LogP contribution >= 0.6 is 11.3 Å². The van der Waals surface area contributed by atoms with Crippen LogP contribution in [0.3, 0.4) is 0 Å². The van der Waals surface area contributed by atoms with E-state index in [9.17, 15) is 29.8 Å². The average Bonchev–Trinajstić information content (AvgIpc) is 3.31. The number of fused-ring (bicyclic) bond motifs is 3. The SMILES string of the molecule is CCOC(=O)N1CCc2c(sc3c2C(=O)N[C@H](c2ccc(Oc4ccc([N+](=O)[O-])cc4[N+](=O)[O-])c(OC)c2)N3)C1. The van der Waals surface area contributed by atoms with Gasteiger partial charge in [-0.2, -0.15) is 0 Å². The highest BCUT2D eigenvalue weighted by Crippen LogP contribution is 2.43. The highest BCUT2D eigenvalue weighted by atomic mass is 32.1. The minimum atomic E-state index is -0.769. The quantitative estimate of drug-likeness (QED) is 0.299. The minimum absolute atomic E-state index is 0.136. The average molecular weight is 570 g/mol. The molecule has 2 amide bonds. The molecule has 3 aromatic rings. The molecular weight excluding hydrogens is 546 g/mol. The molecule has 0 fully saturated rings. The lowest BCUT2D eigenvalue weighted by atomic mass is 10.0. The highest BCUT2D eigenvalue weighted by molar-refractivity contribution is 7.16. The van der Waals surface area contributed by atoms with Crippen LogP contribution in [0.2, 0.25) is 0 Å². The van der Waals surface area contributed by atoms with Crippen molar-refractivity contribution in [2.45, 2.75) is 26.1 Å². The number of amides is 2. The summed E-state index contributed by atoms with van der Waals surface area (Å²) in [6.45, 7) is 2.85. The Morgan fingerprint density at radius 2 is 1.88 bits per heavy atom. The maximum absolute atomic E-state index is 13.1. The number of anilines is 1. The summed E-state index contributed by atoms with van der Waals surface area (Å²) in [6, 6.07) is 7.88. The van der Waals surface area contributed by atoms with Gasteiger partial charge in [-0.1, -0.05) is 6.07 Å². The van der Waals surface area contributed by atoms with Crippen molar-refractivity contribution in [3.05, 3.63) is 78.2 Å². The van der Waals surface area contributed by atoms with E-state index in [1.165, 1.54) is 24.5 Å². The second-order valence-electron chi connectivity index (χ2n) is 8.81. The number of hydrogen-bond acceptors (Lipinski definition) is 11. The van der Waals surface area contributed by atoms with E-state index in [-0.39, 0.29) is 35.9 Å². The summed E-state index contributed by atoms with van der Waals surface area (Å²) in [5.41, 5.74) is 1.09. The van der Waals surface area contributed by atoms with E-state index in [1.54, 1.807) is 24.0 Å². The topological polar surface area (TPSA) is 175 Å². The van der Waals surface area contributed by atoms with Gasteiger partial charge in [-0.25, -0.2) is 4.79 Å². The van der Waals surface area contributed by atoms with Gasteiger partial charge in [0.15, 0.2) is 11.5 Å². The Morgan fingerprint density at radius 1 is 1.10 bits per heavy atom. The van der Waals surface area contributed by atoms with Crippen LogP contribution in [-0.4, -0.2) is 47.0 Å². The van der Waals surface area contributed by atoms with Crippen molar-refractivity contribution in [2.24, 2.45) is 0 Å². The van der Waals surface area contributed by atoms with Gasteiger partial charge in [-0.3, -0.25) is 25.0 Å². The molecule has 2 aromatic carbocycles. The number of rotatable bonds is 7. The Bertz CT molecular complexity index is 1540. The van der Waals surface area contributed by atoms with Crippen LogP contribution in [0.5, 0.6) is 17.2 Å². The first-order valence-corrected chi connectivity index (χ1v) is 12.9. The molecule has 1 aromatic heterocycles. The molecule has 3 heterocycles. The predicted molar refractivity (Wildman–Crippen MR) is 142 cm³/mol. The molecule has 14 nitrogen and oxygen atoms in total. The fourth-order valence-corrected chi connectivity index (χ4v) is 5.86. The van der Waals surface area contributed by atoms with Crippen LogP contribution in [0.4, 0.5) is 21.2 Å². The number of nitrogens with zero attached hydrogens (tertiary/aromatic N) is 3. The maximum atomic E-state index is 13.1. The third-order valence-electron chi connectivity index (χ3n) is 6.45. The largest absolute Gasteiger partial charge is 0.493 e. The Hall–Kier alpha value is -4.92. The molecule has 0 spiro atoms. The second kappa shape index (κ2) is 10.7. The zero-order valence-electron chi connectivity index (χ0n) is 21.3. The summed E-state index contributed by atoms with van der Waals surface area (Å²) in [7, 11) is 1.39. The number of benzene rings is 2. The monoisotopic (exact) mass is 569 g/mol. The zero-order chi connectivity index (χ0) is 28.6. The predicted octanol–water partition coefficient (Wildman–Crippen LogP) is 4.73. The van der Waals surface area contributed by atoms with Crippen molar-refractivity contribution in [3.8, 4) is 17.2 Å². The third-order valence-corrected chi connectivity index (χ3v) is 7.60. The van der Waals surface area contributed by atoms with Gasteiger partial charge in [0.1, 0.15) is 11.2 Å². The first-order valence-electron chi connectivity index (χ1n) is 12.1. The van der Waals surface area contributed by atoms with E-state index >= 15 is 0 Å². The summed E-state index contributed by atoms with van der Waals surface area (Å²) < 4.78 is 16.3. The normalized spacial score (nSPS) is 15.7. The van der Waals surface area contributed by atoms with E-state index in [1.807, 2.05) is 0 Å². The van der Waals surface area contributed by atoms with E-state index in [4.69, 9.17) is 14.2 Å². The standard InChI is InChI=1S/C25H23N5O9S/c1-3-38-25(32)28-9-8-15-20(12-28)40-24-21(15)23(31)26-22(27-24)13-4-6-18(19(10-13)37-2)39-17-7-5-14(29(33)34)11-16(17)30(35)36/h4-7,10-11,22,27H,3,8-9,12H2,1-2H3,(H,26,31)/t22-/m0/s1. The molecule has 5 rings (SSSR count). The zero-order valence-corrected chi connectivity index (χ0v) is 22.1. The molecule has 2 N–H and O–H groups in total. The number of nitro groups is 2. The fourth-order valence-electron chi connectivity index (χ4n) is 4.57. The van der Waals surface area contributed by atoms with Gasteiger partial charge in [-0.05, 0) is 42.7 Å². The van der Waals surface area contributed by atoms with Gasteiger partial charge < -0.3 is 29.7 Å². The second-order valence-corrected chi connectivity index (χ2v) is 9.91. The van der Waals surface area contributed by atoms with Crippen LogP contribution in [0.25, 0.3) is 0 Å². The van der Waals surface area contributed by atoms with Crippen LogP contribution in [0, 0.1) is 20.2 Å². The van der Waals surface area contributed by atoms with Crippen molar-refractivity contribution >= 4 is 39.7 Å². The number of ether oxygens (including phenoxy) is 3. The Balaban J connectivity index is 1.38. The molecule has 0 saturated carbocycles. The van der Waals surface area contributed by atoms with E-state index < -0.39 is 27.4 Å². The number of carbonyl (C=O) groups excluding carboxylic acids is 2. The smallest absolute Gasteiger partial charge is 0.410 e. The molecule has 1 atom stereocenters. The molecule has 0 aliphatic carbocycles. The van der Waals surface area contributed by atoms with Crippen molar-refractivity contribution in [1.82, 2.24) is 10.2 Å². The number of non-ortho nitro benzene ring substituents is 1. The number of nitro benzene ring substituents is 2. The molecule has 0 radical (unpaired) electrons. The van der Waals surface area contributed by atoms with Crippen LogP contribution in [0.15, 0.2) is 36.4 Å². The fraction of sp³-hybridized carbons (Fsp3) is 0.280. The molecular formula is C25H23N5O9S. The number of methoxy groups -OCH3 is 1.